The fourth-order valence-electron chi connectivity index (χ4n) is 2.33. The first-order chi connectivity index (χ1) is 12.1. The van der Waals surface area contributed by atoms with Gasteiger partial charge in [-0.15, -0.1) is 0 Å². The van der Waals surface area contributed by atoms with Crippen LogP contribution < -0.4 is 10.2 Å². The van der Waals surface area contributed by atoms with Crippen LogP contribution in [-0.2, 0) is 6.54 Å². The highest BCUT2D eigenvalue weighted by Crippen LogP contribution is 2.18. The number of hydrogen-bond donors (Lipinski definition) is 1. The number of rotatable bonds is 5. The summed E-state index contributed by atoms with van der Waals surface area (Å²) >= 11 is 0. The molecule has 128 valence electrons. The van der Waals surface area contributed by atoms with Crippen LogP contribution in [0.5, 0.6) is 5.75 Å². The van der Waals surface area contributed by atoms with Crippen molar-refractivity contribution < 1.29 is 14.9 Å². The molecular weight excluding hydrogens is 326 g/mol. The molecule has 0 fully saturated rings. The van der Waals surface area contributed by atoms with Gasteiger partial charge in [0.25, 0.3) is 5.49 Å². The maximum atomic E-state index is 11.3. The molecule has 0 saturated carbocycles. The summed E-state index contributed by atoms with van der Waals surface area (Å²) in [5.41, 5.74) is 0.943. The minimum atomic E-state index is -0.687. The van der Waals surface area contributed by atoms with Crippen molar-refractivity contribution in [3.05, 3.63) is 75.8 Å². The lowest BCUT2D eigenvalue weighted by molar-refractivity contribution is -0.391. The van der Waals surface area contributed by atoms with Crippen molar-refractivity contribution in [2.75, 3.05) is 7.11 Å². The third-order valence-corrected chi connectivity index (χ3v) is 3.51. The van der Waals surface area contributed by atoms with E-state index in [4.69, 9.17) is 4.74 Å². The van der Waals surface area contributed by atoms with Crippen LogP contribution in [0.3, 0.4) is 0 Å². The van der Waals surface area contributed by atoms with E-state index in [-0.39, 0.29) is 12.0 Å². The highest BCUT2D eigenvalue weighted by atomic mass is 16.6. The van der Waals surface area contributed by atoms with Gasteiger partial charge in [0.1, 0.15) is 11.4 Å². The maximum absolute atomic E-state index is 11.3. The minimum absolute atomic E-state index is 0.0892. The van der Waals surface area contributed by atoms with Crippen molar-refractivity contribution in [3.8, 4) is 11.4 Å². The summed E-state index contributed by atoms with van der Waals surface area (Å²) in [6, 6.07) is 15.7. The number of aromatic nitrogens is 3. The molecule has 0 bridgehead atoms. The lowest BCUT2D eigenvalue weighted by Gasteiger charge is -2.04. The number of para-hydroxylation sites is 2. The van der Waals surface area contributed by atoms with Crippen molar-refractivity contribution in [1.82, 2.24) is 14.7 Å². The molecular formula is C16H15N5O4. The molecule has 25 heavy (non-hydrogen) atoms. The Morgan fingerprint density at radius 2 is 1.88 bits per heavy atom. The van der Waals surface area contributed by atoms with Gasteiger partial charge in [-0.3, -0.25) is 4.99 Å². The predicted octanol–water partition coefficient (Wildman–Crippen LogP) is 1.93. The van der Waals surface area contributed by atoms with Gasteiger partial charge in [-0.05, 0) is 27.9 Å². The third-order valence-electron chi connectivity index (χ3n) is 3.51. The van der Waals surface area contributed by atoms with Crippen LogP contribution >= 0.6 is 0 Å². The van der Waals surface area contributed by atoms with Gasteiger partial charge >= 0.3 is 5.82 Å². The Hall–Kier alpha value is -3.62. The van der Waals surface area contributed by atoms with Crippen molar-refractivity contribution in [3.63, 3.8) is 0 Å². The van der Waals surface area contributed by atoms with E-state index in [0.717, 1.165) is 10.4 Å². The van der Waals surface area contributed by atoms with Gasteiger partial charge in [-0.1, -0.05) is 41.2 Å². The molecule has 3 aromatic rings. The SMILES string of the molecule is COc1ccccc1CN=c1c([N+](=O)[O-])nn(-c2ccccc2)n1O. The van der Waals surface area contributed by atoms with Gasteiger partial charge in [-0.25, -0.2) is 0 Å². The molecule has 0 amide bonds. The van der Waals surface area contributed by atoms with Crippen molar-refractivity contribution >= 4 is 5.82 Å². The average Bonchev–Trinajstić information content (AvgIpc) is 2.97. The van der Waals surface area contributed by atoms with E-state index in [1.165, 1.54) is 7.11 Å². The van der Waals surface area contributed by atoms with E-state index >= 15 is 0 Å². The highest BCUT2D eigenvalue weighted by Gasteiger charge is 2.23. The van der Waals surface area contributed by atoms with Gasteiger partial charge in [-0.2, -0.15) is 0 Å². The Bertz CT molecular complexity index is 962. The minimum Gasteiger partial charge on any atom is -0.496 e. The van der Waals surface area contributed by atoms with E-state index in [1.54, 1.807) is 42.5 Å². The number of hydrogen-bond acceptors (Lipinski definition) is 6. The Labute approximate surface area is 142 Å². The van der Waals surface area contributed by atoms with E-state index in [1.807, 2.05) is 12.1 Å². The Morgan fingerprint density at radius 3 is 2.56 bits per heavy atom. The number of nitro groups is 1. The van der Waals surface area contributed by atoms with Crippen LogP contribution in [0.2, 0.25) is 0 Å². The standard InChI is InChI=1S/C16H15N5O4/c1-25-14-10-6-5-7-12(14)11-17-15-16(21(23)24)18-19(20(15)22)13-8-3-2-4-9-13/h2-10,22H,11H2,1H3. The smallest absolute Gasteiger partial charge is 0.438 e. The van der Waals surface area contributed by atoms with Crippen LogP contribution in [0.15, 0.2) is 59.6 Å². The molecule has 0 aliphatic rings. The van der Waals surface area contributed by atoms with Gasteiger partial charge in [0.15, 0.2) is 0 Å². The van der Waals surface area contributed by atoms with Gasteiger partial charge in [0.05, 0.1) is 18.8 Å². The first kappa shape index (κ1) is 16.2. The second kappa shape index (κ2) is 6.87. The zero-order valence-corrected chi connectivity index (χ0v) is 13.3. The highest BCUT2D eigenvalue weighted by molar-refractivity contribution is 5.33. The lowest BCUT2D eigenvalue weighted by Crippen LogP contribution is -2.22. The van der Waals surface area contributed by atoms with E-state index in [9.17, 15) is 15.3 Å². The third kappa shape index (κ3) is 3.20. The zero-order chi connectivity index (χ0) is 17.8. The molecule has 9 heteroatoms. The summed E-state index contributed by atoms with van der Waals surface area (Å²) in [6.45, 7) is 0.0892. The average molecular weight is 341 g/mol. The van der Waals surface area contributed by atoms with Crippen molar-refractivity contribution in [2.24, 2.45) is 4.99 Å². The molecule has 0 spiro atoms. The molecule has 1 heterocycles. The van der Waals surface area contributed by atoms with Crippen LogP contribution in [0.1, 0.15) is 5.56 Å². The first-order valence-electron chi connectivity index (χ1n) is 7.35. The molecule has 1 N–H and O–H groups in total. The van der Waals surface area contributed by atoms with Gasteiger partial charge < -0.3 is 20.1 Å². The Morgan fingerprint density at radius 1 is 1.20 bits per heavy atom. The zero-order valence-electron chi connectivity index (χ0n) is 13.3. The van der Waals surface area contributed by atoms with Crippen molar-refractivity contribution in [1.29, 1.82) is 0 Å². The molecule has 9 nitrogen and oxygen atoms in total. The lowest BCUT2D eigenvalue weighted by atomic mass is 10.2. The number of benzene rings is 2. The normalized spacial score (nSPS) is 11.5. The number of methoxy groups -OCH3 is 1. The maximum Gasteiger partial charge on any atom is 0.438 e. The summed E-state index contributed by atoms with van der Waals surface area (Å²) in [4.78, 5) is 16.3. The fraction of sp³-hybridized carbons (Fsp3) is 0.125. The van der Waals surface area contributed by atoms with E-state index in [2.05, 4.69) is 10.1 Å². The topological polar surface area (TPSA) is 108 Å². The summed E-state index contributed by atoms with van der Waals surface area (Å²) < 4.78 is 5.23. The Balaban J connectivity index is 2.09. The molecule has 3 rings (SSSR count). The summed E-state index contributed by atoms with van der Waals surface area (Å²) in [5.74, 6) is 0.0649. The molecule has 0 atom stereocenters. The summed E-state index contributed by atoms with van der Waals surface area (Å²) in [7, 11) is 1.53. The van der Waals surface area contributed by atoms with Crippen LogP contribution in [0, 0.1) is 10.1 Å². The quantitative estimate of drug-likeness (QED) is 0.433. The second-order valence-electron chi connectivity index (χ2n) is 5.05. The van der Waals surface area contributed by atoms with E-state index < -0.39 is 10.7 Å². The first-order valence-corrected chi connectivity index (χ1v) is 7.35. The summed E-state index contributed by atoms with van der Waals surface area (Å²) in [5, 5.41) is 25.4. The van der Waals surface area contributed by atoms with Crippen LogP contribution in [-0.4, -0.2) is 32.0 Å². The summed E-state index contributed by atoms with van der Waals surface area (Å²) in [6.07, 6.45) is 0. The molecule has 1 aromatic heterocycles. The molecule has 0 unspecified atom stereocenters. The molecule has 0 saturated heterocycles. The molecule has 0 radical (unpaired) electrons. The van der Waals surface area contributed by atoms with E-state index in [0.29, 0.717) is 16.3 Å². The van der Waals surface area contributed by atoms with Crippen LogP contribution in [0.4, 0.5) is 5.82 Å². The van der Waals surface area contributed by atoms with Gasteiger partial charge in [0, 0.05) is 5.56 Å². The molecule has 2 aromatic carbocycles. The fourth-order valence-corrected chi connectivity index (χ4v) is 2.33. The van der Waals surface area contributed by atoms with Gasteiger partial charge in [0.2, 0.25) is 0 Å². The monoisotopic (exact) mass is 341 g/mol. The second-order valence-corrected chi connectivity index (χ2v) is 5.05. The molecule has 0 aliphatic heterocycles. The largest absolute Gasteiger partial charge is 0.496 e. The number of nitrogens with zero attached hydrogens (tertiary/aromatic N) is 5. The predicted molar refractivity (Wildman–Crippen MR) is 87.7 cm³/mol. The number of ether oxygens (including phenoxy) is 1. The van der Waals surface area contributed by atoms with Crippen molar-refractivity contribution in [2.45, 2.75) is 6.54 Å². The van der Waals surface area contributed by atoms with Crippen LogP contribution in [0.25, 0.3) is 5.69 Å². The molecule has 0 aliphatic carbocycles. The Kier molecular flexibility index (Phi) is 4.46.